The van der Waals surface area contributed by atoms with Crippen LogP contribution in [0.15, 0.2) is 36.4 Å². The number of aliphatic hydroxyl groups excluding tert-OH is 1. The molecule has 0 radical (unpaired) electrons. The lowest BCUT2D eigenvalue weighted by molar-refractivity contribution is 0.166. The first-order valence-corrected chi connectivity index (χ1v) is 7.83. The van der Waals surface area contributed by atoms with E-state index in [2.05, 4.69) is 5.32 Å². The van der Waals surface area contributed by atoms with Crippen molar-refractivity contribution in [2.45, 2.75) is 19.1 Å². The number of hydrogen-bond acceptors (Lipinski definition) is 5. The van der Waals surface area contributed by atoms with E-state index in [0.717, 1.165) is 0 Å². The van der Waals surface area contributed by atoms with Crippen molar-refractivity contribution in [1.29, 1.82) is 5.26 Å². The van der Waals surface area contributed by atoms with E-state index < -0.39 is 11.9 Å². The number of benzene rings is 2. The first-order chi connectivity index (χ1) is 12.0. The average Bonchev–Trinajstić information content (AvgIpc) is 2.65. The summed E-state index contributed by atoms with van der Waals surface area (Å²) in [6.45, 7) is 2.10. The number of aliphatic hydroxyl groups is 1. The zero-order valence-corrected chi connectivity index (χ0v) is 14.4. The van der Waals surface area contributed by atoms with Crippen molar-refractivity contribution >= 4 is 0 Å². The van der Waals surface area contributed by atoms with Gasteiger partial charge in [0.2, 0.25) is 0 Å². The molecule has 25 heavy (non-hydrogen) atoms. The summed E-state index contributed by atoms with van der Waals surface area (Å²) in [4.78, 5) is 0. The lowest BCUT2D eigenvalue weighted by Gasteiger charge is -2.20. The van der Waals surface area contributed by atoms with E-state index in [1.165, 1.54) is 19.2 Å². The third kappa shape index (κ3) is 4.47. The minimum atomic E-state index is -0.823. The number of methoxy groups -OCH3 is 2. The number of nitrogens with one attached hydrogen (secondary N) is 1. The van der Waals surface area contributed by atoms with Crippen LogP contribution in [0.5, 0.6) is 11.5 Å². The minimum Gasteiger partial charge on any atom is -0.497 e. The quantitative estimate of drug-likeness (QED) is 0.807. The predicted molar refractivity (Wildman–Crippen MR) is 92.0 cm³/mol. The first-order valence-electron chi connectivity index (χ1n) is 7.83. The van der Waals surface area contributed by atoms with Gasteiger partial charge in [-0.05, 0) is 42.8 Å². The number of nitriles is 1. The van der Waals surface area contributed by atoms with Crippen molar-refractivity contribution in [3.8, 4) is 17.6 Å². The molecule has 0 saturated heterocycles. The van der Waals surface area contributed by atoms with E-state index in [-0.39, 0.29) is 18.2 Å². The summed E-state index contributed by atoms with van der Waals surface area (Å²) in [5, 5.41) is 22.4. The number of nitrogens with zero attached hydrogens (tertiary/aromatic N) is 1. The second-order valence-corrected chi connectivity index (χ2v) is 5.60. The van der Waals surface area contributed by atoms with Gasteiger partial charge in [-0.1, -0.05) is 6.07 Å². The highest BCUT2D eigenvalue weighted by molar-refractivity contribution is 5.42. The molecular formula is C19H21FN2O3. The summed E-state index contributed by atoms with van der Waals surface area (Å²) in [5.74, 6) is 0.632. The summed E-state index contributed by atoms with van der Waals surface area (Å²) in [7, 11) is 3.09. The molecule has 0 aromatic heterocycles. The Balaban J connectivity index is 2.08. The van der Waals surface area contributed by atoms with Crippen molar-refractivity contribution in [1.82, 2.24) is 5.32 Å². The molecule has 0 spiro atoms. The van der Waals surface area contributed by atoms with E-state index in [9.17, 15) is 9.50 Å². The molecule has 2 unspecified atom stereocenters. The normalized spacial score (nSPS) is 13.0. The zero-order valence-electron chi connectivity index (χ0n) is 14.4. The molecule has 5 nitrogen and oxygen atoms in total. The van der Waals surface area contributed by atoms with Crippen LogP contribution in [0, 0.1) is 17.1 Å². The first kappa shape index (κ1) is 18.7. The van der Waals surface area contributed by atoms with Gasteiger partial charge in [0.25, 0.3) is 0 Å². The standard InChI is InChI=1S/C19H21FN2O3/c1-12(13-4-5-14(10-21)17(20)8-13)22-11-18(23)16-9-15(24-2)6-7-19(16)25-3/h4-9,12,18,22-23H,11H2,1-3H3. The summed E-state index contributed by atoms with van der Waals surface area (Å²) < 4.78 is 24.2. The van der Waals surface area contributed by atoms with E-state index >= 15 is 0 Å². The van der Waals surface area contributed by atoms with Gasteiger partial charge in [-0.15, -0.1) is 0 Å². The Bertz CT molecular complexity index is 774. The molecule has 132 valence electrons. The second kappa shape index (κ2) is 8.47. The van der Waals surface area contributed by atoms with Crippen LogP contribution < -0.4 is 14.8 Å². The molecule has 2 aromatic carbocycles. The highest BCUT2D eigenvalue weighted by Crippen LogP contribution is 2.29. The van der Waals surface area contributed by atoms with Gasteiger partial charge in [0.1, 0.15) is 23.4 Å². The molecule has 0 aliphatic heterocycles. The van der Waals surface area contributed by atoms with Gasteiger partial charge in [-0.2, -0.15) is 5.26 Å². The Morgan fingerprint density at radius 2 is 1.96 bits per heavy atom. The van der Waals surface area contributed by atoms with Crippen LogP contribution in [0.2, 0.25) is 0 Å². The van der Waals surface area contributed by atoms with Crippen LogP contribution in [0.1, 0.15) is 35.8 Å². The number of rotatable bonds is 7. The van der Waals surface area contributed by atoms with Crippen LogP contribution in [-0.4, -0.2) is 25.9 Å². The molecule has 2 N–H and O–H groups in total. The summed E-state index contributed by atoms with van der Waals surface area (Å²) in [6.07, 6.45) is -0.823. The maximum atomic E-state index is 13.7. The van der Waals surface area contributed by atoms with Crippen LogP contribution in [0.3, 0.4) is 0 Å². The Labute approximate surface area is 146 Å². The molecule has 2 aromatic rings. The predicted octanol–water partition coefficient (Wildman–Crippen LogP) is 3.10. The molecule has 2 rings (SSSR count). The second-order valence-electron chi connectivity index (χ2n) is 5.60. The van der Waals surface area contributed by atoms with Crippen molar-refractivity contribution in [2.75, 3.05) is 20.8 Å². The molecular weight excluding hydrogens is 323 g/mol. The van der Waals surface area contributed by atoms with Gasteiger partial charge in [0.05, 0.1) is 25.9 Å². The van der Waals surface area contributed by atoms with Gasteiger partial charge >= 0.3 is 0 Å². The highest BCUT2D eigenvalue weighted by Gasteiger charge is 2.16. The number of ether oxygens (including phenoxy) is 2. The number of halogens is 1. The molecule has 0 aliphatic carbocycles. The van der Waals surface area contributed by atoms with Gasteiger partial charge in [0.15, 0.2) is 0 Å². The fourth-order valence-electron chi connectivity index (χ4n) is 2.51. The van der Waals surface area contributed by atoms with Crippen LogP contribution in [-0.2, 0) is 0 Å². The maximum absolute atomic E-state index is 13.7. The zero-order chi connectivity index (χ0) is 18.4. The highest BCUT2D eigenvalue weighted by atomic mass is 19.1. The fraction of sp³-hybridized carbons (Fsp3) is 0.316. The topological polar surface area (TPSA) is 74.5 Å². The Morgan fingerprint density at radius 3 is 2.56 bits per heavy atom. The molecule has 0 amide bonds. The van der Waals surface area contributed by atoms with E-state index in [0.29, 0.717) is 22.6 Å². The summed E-state index contributed by atoms with van der Waals surface area (Å²) in [6, 6.07) is 11.3. The lowest BCUT2D eigenvalue weighted by Crippen LogP contribution is -2.25. The summed E-state index contributed by atoms with van der Waals surface area (Å²) in [5.41, 5.74) is 1.31. The maximum Gasteiger partial charge on any atom is 0.141 e. The fourth-order valence-corrected chi connectivity index (χ4v) is 2.51. The monoisotopic (exact) mass is 344 g/mol. The van der Waals surface area contributed by atoms with Crippen LogP contribution >= 0.6 is 0 Å². The van der Waals surface area contributed by atoms with Crippen molar-refractivity contribution in [2.24, 2.45) is 0 Å². The third-order valence-corrected chi connectivity index (χ3v) is 4.03. The third-order valence-electron chi connectivity index (χ3n) is 4.03. The molecule has 0 bridgehead atoms. The Hall–Kier alpha value is -2.62. The molecule has 0 aliphatic rings. The van der Waals surface area contributed by atoms with Crippen LogP contribution in [0.4, 0.5) is 4.39 Å². The van der Waals surface area contributed by atoms with Crippen molar-refractivity contribution < 1.29 is 19.0 Å². The van der Waals surface area contributed by atoms with Gasteiger partial charge < -0.3 is 19.9 Å². The number of hydrogen-bond donors (Lipinski definition) is 2. The molecule has 0 fully saturated rings. The van der Waals surface area contributed by atoms with Crippen molar-refractivity contribution in [3.63, 3.8) is 0 Å². The molecule has 0 heterocycles. The lowest BCUT2D eigenvalue weighted by atomic mass is 10.0. The SMILES string of the molecule is COc1ccc(OC)c(C(O)CNC(C)c2ccc(C#N)c(F)c2)c1. The molecule has 0 saturated carbocycles. The van der Waals surface area contributed by atoms with E-state index in [1.54, 1.807) is 37.4 Å². The Morgan fingerprint density at radius 1 is 1.20 bits per heavy atom. The average molecular weight is 344 g/mol. The van der Waals surface area contributed by atoms with Gasteiger partial charge in [0, 0.05) is 18.2 Å². The van der Waals surface area contributed by atoms with Gasteiger partial charge in [-0.3, -0.25) is 0 Å². The molecule has 2 atom stereocenters. The Kier molecular flexibility index (Phi) is 6.34. The largest absolute Gasteiger partial charge is 0.497 e. The smallest absolute Gasteiger partial charge is 0.141 e. The van der Waals surface area contributed by atoms with E-state index in [1.807, 2.05) is 6.92 Å². The van der Waals surface area contributed by atoms with Crippen molar-refractivity contribution in [3.05, 3.63) is 58.9 Å². The summed E-state index contributed by atoms with van der Waals surface area (Å²) >= 11 is 0. The van der Waals surface area contributed by atoms with Gasteiger partial charge in [-0.25, -0.2) is 4.39 Å². The molecule has 6 heteroatoms. The van der Waals surface area contributed by atoms with Crippen LogP contribution in [0.25, 0.3) is 0 Å². The van der Waals surface area contributed by atoms with E-state index in [4.69, 9.17) is 14.7 Å². The minimum absolute atomic E-state index is 0.0112.